The lowest BCUT2D eigenvalue weighted by Gasteiger charge is -2.29. The highest BCUT2D eigenvalue weighted by Crippen LogP contribution is 2.37. The minimum atomic E-state index is -0.105. The van der Waals surface area contributed by atoms with Crippen LogP contribution in [0.5, 0.6) is 0 Å². The number of hydrogen-bond donors (Lipinski definition) is 1. The van der Waals surface area contributed by atoms with E-state index in [1.54, 1.807) is 4.90 Å². The second-order valence-corrected chi connectivity index (χ2v) is 7.64. The molecule has 0 saturated heterocycles. The summed E-state index contributed by atoms with van der Waals surface area (Å²) in [5.74, 6) is 0.327. The van der Waals surface area contributed by atoms with Crippen molar-refractivity contribution in [2.45, 2.75) is 31.2 Å². The van der Waals surface area contributed by atoms with Gasteiger partial charge in [-0.15, -0.1) is 11.8 Å². The van der Waals surface area contributed by atoms with Gasteiger partial charge >= 0.3 is 0 Å². The molecule has 136 valence electrons. The molecule has 1 heterocycles. The molecular formula is C20H21ClN2O2S. The first-order valence-corrected chi connectivity index (χ1v) is 10.0. The van der Waals surface area contributed by atoms with E-state index >= 15 is 0 Å². The van der Waals surface area contributed by atoms with Gasteiger partial charge in [0.1, 0.15) is 0 Å². The van der Waals surface area contributed by atoms with Gasteiger partial charge in [0.2, 0.25) is 5.91 Å². The average Bonchev–Trinajstić information content (AvgIpc) is 2.64. The fourth-order valence-electron chi connectivity index (χ4n) is 2.82. The monoisotopic (exact) mass is 388 g/mol. The second-order valence-electron chi connectivity index (χ2n) is 6.19. The first-order chi connectivity index (χ1) is 12.6. The van der Waals surface area contributed by atoms with E-state index in [1.807, 2.05) is 42.5 Å². The minimum absolute atomic E-state index is 0.0333. The molecule has 2 aromatic rings. The van der Waals surface area contributed by atoms with Crippen LogP contribution in [0.1, 0.15) is 35.7 Å². The van der Waals surface area contributed by atoms with Crippen molar-refractivity contribution in [1.29, 1.82) is 0 Å². The fraction of sp³-hybridized carbons (Fsp3) is 0.300. The number of anilines is 1. The lowest BCUT2D eigenvalue weighted by molar-refractivity contribution is -0.116. The highest BCUT2D eigenvalue weighted by atomic mass is 35.5. The number of unbranched alkanes of at least 4 members (excludes halogenated alkanes) is 1. The van der Waals surface area contributed by atoms with Gasteiger partial charge in [0, 0.05) is 22.0 Å². The SMILES string of the molecule is CCCCNC(=O)c1ccc2c(c1)N(Cc1cccc(Cl)c1)C(=O)CS2. The molecule has 0 aliphatic carbocycles. The lowest BCUT2D eigenvalue weighted by Crippen LogP contribution is -2.35. The topological polar surface area (TPSA) is 49.4 Å². The molecular weight excluding hydrogens is 368 g/mol. The van der Waals surface area contributed by atoms with Crippen LogP contribution in [-0.4, -0.2) is 24.1 Å². The van der Waals surface area contributed by atoms with Crippen LogP contribution in [0.3, 0.4) is 0 Å². The number of hydrogen-bond acceptors (Lipinski definition) is 3. The number of amides is 2. The van der Waals surface area contributed by atoms with Crippen LogP contribution in [0.4, 0.5) is 5.69 Å². The van der Waals surface area contributed by atoms with Crippen LogP contribution < -0.4 is 10.2 Å². The van der Waals surface area contributed by atoms with Gasteiger partial charge in [-0.25, -0.2) is 0 Å². The highest BCUT2D eigenvalue weighted by Gasteiger charge is 2.26. The number of carbonyl (C=O) groups excluding carboxylic acids is 2. The Morgan fingerprint density at radius 1 is 1.27 bits per heavy atom. The Morgan fingerprint density at radius 3 is 2.88 bits per heavy atom. The lowest BCUT2D eigenvalue weighted by atomic mass is 10.1. The Hall–Kier alpha value is -1.98. The molecule has 1 aliphatic heterocycles. The van der Waals surface area contributed by atoms with E-state index in [0.717, 1.165) is 29.0 Å². The summed E-state index contributed by atoms with van der Waals surface area (Å²) in [4.78, 5) is 27.6. The summed E-state index contributed by atoms with van der Waals surface area (Å²) in [7, 11) is 0. The fourth-order valence-corrected chi connectivity index (χ4v) is 3.94. The predicted molar refractivity (Wildman–Crippen MR) is 107 cm³/mol. The summed E-state index contributed by atoms with van der Waals surface area (Å²) in [5.41, 5.74) is 2.32. The predicted octanol–water partition coefficient (Wildman–Crippen LogP) is 4.51. The zero-order valence-electron chi connectivity index (χ0n) is 14.6. The zero-order chi connectivity index (χ0) is 18.5. The molecule has 0 fully saturated rings. The Balaban J connectivity index is 1.85. The summed E-state index contributed by atoms with van der Waals surface area (Å²) in [6.07, 6.45) is 1.98. The summed E-state index contributed by atoms with van der Waals surface area (Å²) in [5, 5.41) is 3.57. The van der Waals surface area contributed by atoms with Gasteiger partial charge in [0.15, 0.2) is 0 Å². The quantitative estimate of drug-likeness (QED) is 0.741. The van der Waals surface area contributed by atoms with Crippen molar-refractivity contribution in [3.8, 4) is 0 Å². The van der Waals surface area contributed by atoms with Crippen molar-refractivity contribution in [3.05, 3.63) is 58.6 Å². The van der Waals surface area contributed by atoms with E-state index in [-0.39, 0.29) is 11.8 Å². The maximum absolute atomic E-state index is 12.5. The van der Waals surface area contributed by atoms with Gasteiger partial charge in [-0.3, -0.25) is 9.59 Å². The zero-order valence-corrected chi connectivity index (χ0v) is 16.2. The van der Waals surface area contributed by atoms with E-state index < -0.39 is 0 Å². The number of carbonyl (C=O) groups is 2. The average molecular weight is 389 g/mol. The molecule has 3 rings (SSSR count). The van der Waals surface area contributed by atoms with Gasteiger partial charge in [0.05, 0.1) is 18.0 Å². The van der Waals surface area contributed by atoms with Crippen LogP contribution in [0.2, 0.25) is 5.02 Å². The number of halogens is 1. The number of thioether (sulfide) groups is 1. The molecule has 0 unspecified atom stereocenters. The van der Waals surface area contributed by atoms with E-state index in [2.05, 4.69) is 12.2 Å². The molecule has 0 radical (unpaired) electrons. The van der Waals surface area contributed by atoms with Gasteiger partial charge in [-0.05, 0) is 42.3 Å². The molecule has 4 nitrogen and oxygen atoms in total. The van der Waals surface area contributed by atoms with Crippen molar-refractivity contribution in [2.24, 2.45) is 0 Å². The van der Waals surface area contributed by atoms with Crippen molar-refractivity contribution in [1.82, 2.24) is 5.32 Å². The van der Waals surface area contributed by atoms with Crippen molar-refractivity contribution >= 4 is 40.9 Å². The van der Waals surface area contributed by atoms with Crippen molar-refractivity contribution < 1.29 is 9.59 Å². The Labute approximate surface area is 162 Å². The van der Waals surface area contributed by atoms with E-state index in [1.165, 1.54) is 11.8 Å². The van der Waals surface area contributed by atoms with Crippen LogP contribution in [-0.2, 0) is 11.3 Å². The van der Waals surface area contributed by atoms with Crippen LogP contribution >= 0.6 is 23.4 Å². The second kappa shape index (κ2) is 8.60. The normalized spacial score (nSPS) is 13.5. The van der Waals surface area contributed by atoms with Gasteiger partial charge < -0.3 is 10.2 Å². The third-order valence-corrected chi connectivity index (χ3v) is 5.49. The van der Waals surface area contributed by atoms with Gasteiger partial charge in [-0.2, -0.15) is 0 Å². The van der Waals surface area contributed by atoms with Crippen molar-refractivity contribution in [3.63, 3.8) is 0 Å². The molecule has 0 aromatic heterocycles. The molecule has 0 spiro atoms. The van der Waals surface area contributed by atoms with Gasteiger partial charge in [0.25, 0.3) is 5.91 Å². The van der Waals surface area contributed by atoms with E-state index in [9.17, 15) is 9.59 Å². The molecule has 0 saturated carbocycles. The smallest absolute Gasteiger partial charge is 0.251 e. The Morgan fingerprint density at radius 2 is 2.12 bits per heavy atom. The third-order valence-electron chi connectivity index (χ3n) is 4.21. The summed E-state index contributed by atoms with van der Waals surface area (Å²) >= 11 is 7.57. The molecule has 1 aliphatic rings. The maximum Gasteiger partial charge on any atom is 0.251 e. The summed E-state index contributed by atoms with van der Waals surface area (Å²) < 4.78 is 0. The largest absolute Gasteiger partial charge is 0.352 e. The molecule has 26 heavy (non-hydrogen) atoms. The summed E-state index contributed by atoms with van der Waals surface area (Å²) in [6, 6.07) is 13.0. The Kier molecular flexibility index (Phi) is 6.22. The minimum Gasteiger partial charge on any atom is -0.352 e. The first kappa shape index (κ1) is 18.8. The maximum atomic E-state index is 12.5. The first-order valence-electron chi connectivity index (χ1n) is 8.68. The molecule has 2 aromatic carbocycles. The number of fused-ring (bicyclic) bond motifs is 1. The highest BCUT2D eigenvalue weighted by molar-refractivity contribution is 8.00. The van der Waals surface area contributed by atoms with Crippen LogP contribution in [0.15, 0.2) is 47.4 Å². The molecule has 0 atom stereocenters. The molecule has 1 N–H and O–H groups in total. The number of benzene rings is 2. The van der Waals surface area contributed by atoms with Crippen LogP contribution in [0.25, 0.3) is 0 Å². The van der Waals surface area contributed by atoms with Crippen molar-refractivity contribution in [2.75, 3.05) is 17.2 Å². The number of rotatable bonds is 6. The standard InChI is InChI=1S/C20H21ClN2O2S/c1-2-3-9-22-20(25)15-7-8-18-17(11-15)23(19(24)13-26-18)12-14-5-4-6-16(21)10-14/h4-8,10-11H,2-3,9,12-13H2,1H3,(H,22,25). The molecule has 2 amide bonds. The number of nitrogens with one attached hydrogen (secondary N) is 1. The van der Waals surface area contributed by atoms with E-state index in [0.29, 0.717) is 29.4 Å². The summed E-state index contributed by atoms with van der Waals surface area (Å²) in [6.45, 7) is 3.18. The van der Waals surface area contributed by atoms with Gasteiger partial charge in [-0.1, -0.05) is 37.1 Å². The molecule has 0 bridgehead atoms. The number of nitrogens with zero attached hydrogens (tertiary/aromatic N) is 1. The molecule has 6 heteroatoms. The Bertz CT molecular complexity index is 825. The van der Waals surface area contributed by atoms with E-state index in [4.69, 9.17) is 11.6 Å². The van der Waals surface area contributed by atoms with Crippen LogP contribution in [0, 0.1) is 0 Å². The third kappa shape index (κ3) is 4.40.